The molecule has 8 nitrogen and oxygen atoms in total. The Labute approximate surface area is 187 Å². The number of nitrogen functional groups attached to an aromatic ring is 1. The van der Waals surface area contributed by atoms with Crippen LogP contribution < -0.4 is 21.2 Å². The molecule has 0 spiro atoms. The van der Waals surface area contributed by atoms with Gasteiger partial charge in [0.15, 0.2) is 10.8 Å². The number of thiazole rings is 2. The Hall–Kier alpha value is -3.02. The molecule has 0 aliphatic carbocycles. The van der Waals surface area contributed by atoms with Crippen molar-refractivity contribution >= 4 is 50.7 Å². The van der Waals surface area contributed by atoms with Gasteiger partial charge in [0.2, 0.25) is 0 Å². The predicted octanol–water partition coefficient (Wildman–Crippen LogP) is 4.01. The monoisotopic (exact) mass is 455 g/mol. The number of hydrogen-bond donors (Lipinski definition) is 5. The van der Waals surface area contributed by atoms with Crippen molar-refractivity contribution in [1.82, 2.24) is 9.97 Å². The third kappa shape index (κ3) is 4.68. The number of nitrogens with one attached hydrogen (secondary N) is 2. The standard InChI is InChI=1S/C21H22N6O2S2/c1-3-26(2)15-9-7-14(8-10-15)23-21-25-19(22)18(31-21)20-24-17(12-30-20)13-5-4-6-16(11-13)27(28)29/h4-12,28-29H,3,22H2,1-2H3,(H,23,25)/p+1. The van der Waals surface area contributed by atoms with Crippen LogP contribution in [0.3, 0.4) is 0 Å². The SMILES string of the molecule is CCN(C)c1ccc(Nc2nc(N)c(-c3nc(-c4cccc([NH+](O)O)c4)cs3)s2)cc1. The summed E-state index contributed by atoms with van der Waals surface area (Å²) < 4.78 is 0. The lowest BCUT2D eigenvalue weighted by Crippen LogP contribution is -3.01. The Morgan fingerprint density at radius 2 is 1.90 bits per heavy atom. The molecule has 2 aromatic heterocycles. The van der Waals surface area contributed by atoms with Crippen molar-refractivity contribution in [3.8, 4) is 21.1 Å². The molecule has 0 unspecified atom stereocenters. The molecule has 2 aromatic carbocycles. The van der Waals surface area contributed by atoms with E-state index in [1.54, 1.807) is 18.2 Å². The van der Waals surface area contributed by atoms with Crippen LogP contribution in [0.25, 0.3) is 21.1 Å². The van der Waals surface area contributed by atoms with Gasteiger partial charge in [0, 0.05) is 48.0 Å². The van der Waals surface area contributed by atoms with Gasteiger partial charge in [-0.05, 0) is 36.4 Å². The number of aromatic nitrogens is 2. The highest BCUT2D eigenvalue weighted by molar-refractivity contribution is 7.23. The molecule has 0 aliphatic heterocycles. The van der Waals surface area contributed by atoms with Crippen molar-refractivity contribution in [2.75, 3.05) is 29.5 Å². The molecule has 10 heteroatoms. The number of quaternary nitrogens is 1. The van der Waals surface area contributed by atoms with Crippen molar-refractivity contribution in [2.45, 2.75) is 6.92 Å². The lowest BCUT2D eigenvalue weighted by Gasteiger charge is -2.16. The summed E-state index contributed by atoms with van der Waals surface area (Å²) >= 11 is 2.91. The molecule has 0 amide bonds. The molecule has 0 atom stereocenters. The molecule has 0 radical (unpaired) electrons. The van der Waals surface area contributed by atoms with Gasteiger partial charge in [-0.3, -0.25) is 0 Å². The fourth-order valence-corrected chi connectivity index (χ4v) is 4.81. The quantitative estimate of drug-likeness (QED) is 0.268. The largest absolute Gasteiger partial charge is 0.382 e. The molecule has 2 heterocycles. The van der Waals surface area contributed by atoms with Gasteiger partial charge in [0.25, 0.3) is 0 Å². The van der Waals surface area contributed by atoms with E-state index in [9.17, 15) is 10.4 Å². The normalized spacial score (nSPS) is 11.1. The van der Waals surface area contributed by atoms with Crippen molar-refractivity contribution in [3.05, 3.63) is 53.9 Å². The van der Waals surface area contributed by atoms with Crippen LogP contribution in [-0.2, 0) is 0 Å². The molecule has 0 saturated carbocycles. The average molecular weight is 456 g/mol. The zero-order valence-electron chi connectivity index (χ0n) is 17.0. The van der Waals surface area contributed by atoms with Crippen LogP contribution in [0.4, 0.5) is 28.0 Å². The summed E-state index contributed by atoms with van der Waals surface area (Å²) in [6.07, 6.45) is 0. The van der Waals surface area contributed by atoms with Crippen LogP contribution in [0.15, 0.2) is 53.9 Å². The number of benzene rings is 2. The van der Waals surface area contributed by atoms with Crippen LogP contribution in [0.5, 0.6) is 0 Å². The first-order valence-corrected chi connectivity index (χ1v) is 11.3. The first-order valence-electron chi connectivity index (χ1n) is 9.60. The fraction of sp³-hybridized carbons (Fsp3) is 0.143. The number of nitrogens with zero attached hydrogens (tertiary/aromatic N) is 3. The third-order valence-electron chi connectivity index (χ3n) is 4.80. The highest BCUT2D eigenvalue weighted by Crippen LogP contribution is 2.39. The van der Waals surface area contributed by atoms with Crippen LogP contribution in [0.1, 0.15) is 6.92 Å². The van der Waals surface area contributed by atoms with E-state index in [-0.39, 0.29) is 0 Å². The van der Waals surface area contributed by atoms with E-state index in [0.717, 1.165) is 39.1 Å². The van der Waals surface area contributed by atoms with E-state index < -0.39 is 5.23 Å². The molecule has 0 fully saturated rings. The molecule has 31 heavy (non-hydrogen) atoms. The summed E-state index contributed by atoms with van der Waals surface area (Å²) in [5.74, 6) is 0.422. The number of rotatable bonds is 7. The summed E-state index contributed by atoms with van der Waals surface area (Å²) in [6, 6.07) is 15.1. The summed E-state index contributed by atoms with van der Waals surface area (Å²) in [5, 5.41) is 24.6. The van der Waals surface area contributed by atoms with E-state index >= 15 is 0 Å². The number of nitrogens with two attached hydrogens (primary N) is 1. The van der Waals surface area contributed by atoms with E-state index in [1.807, 2.05) is 23.6 Å². The highest BCUT2D eigenvalue weighted by Gasteiger charge is 2.16. The summed E-state index contributed by atoms with van der Waals surface area (Å²) in [5.41, 5.74) is 10.1. The third-order valence-corrected chi connectivity index (χ3v) is 6.78. The van der Waals surface area contributed by atoms with Crippen LogP contribution in [-0.4, -0.2) is 34.0 Å². The second kappa shape index (κ2) is 9.00. The summed E-state index contributed by atoms with van der Waals surface area (Å²) in [7, 11) is 2.06. The molecular formula is C21H23N6O2S2+. The second-order valence-corrected chi connectivity index (χ2v) is 8.72. The Balaban J connectivity index is 1.54. The van der Waals surface area contributed by atoms with E-state index in [2.05, 4.69) is 46.3 Å². The molecule has 0 aliphatic rings. The van der Waals surface area contributed by atoms with Gasteiger partial charge in [-0.25, -0.2) is 9.97 Å². The minimum Gasteiger partial charge on any atom is -0.382 e. The topological polar surface area (TPSA) is 112 Å². The van der Waals surface area contributed by atoms with Crippen LogP contribution in [0, 0.1) is 0 Å². The Morgan fingerprint density at radius 3 is 2.61 bits per heavy atom. The molecule has 4 aromatic rings. The number of anilines is 4. The maximum absolute atomic E-state index is 9.32. The molecule has 160 valence electrons. The van der Waals surface area contributed by atoms with E-state index in [1.165, 1.54) is 22.7 Å². The minimum atomic E-state index is -0.714. The highest BCUT2D eigenvalue weighted by atomic mass is 32.1. The molecule has 0 bridgehead atoms. The number of hydrogen-bond acceptors (Lipinski definition) is 9. The minimum absolute atomic E-state index is 0.340. The Kier molecular flexibility index (Phi) is 6.16. The molecular weight excluding hydrogens is 432 g/mol. The van der Waals surface area contributed by atoms with Gasteiger partial charge in [-0.15, -0.1) is 11.3 Å². The van der Waals surface area contributed by atoms with Gasteiger partial charge in [0.1, 0.15) is 15.7 Å². The second-order valence-electron chi connectivity index (χ2n) is 6.86. The van der Waals surface area contributed by atoms with Gasteiger partial charge >= 0.3 is 0 Å². The van der Waals surface area contributed by atoms with Crippen LogP contribution in [0.2, 0.25) is 0 Å². The first kappa shape index (κ1) is 21.2. The Morgan fingerprint density at radius 1 is 1.13 bits per heavy atom. The maximum Gasteiger partial charge on any atom is 0.197 e. The smallest absolute Gasteiger partial charge is 0.197 e. The molecule has 4 rings (SSSR count). The van der Waals surface area contributed by atoms with E-state index in [0.29, 0.717) is 16.6 Å². The van der Waals surface area contributed by atoms with Crippen molar-refractivity contribution < 1.29 is 15.6 Å². The van der Waals surface area contributed by atoms with Crippen LogP contribution >= 0.6 is 22.7 Å². The van der Waals surface area contributed by atoms with E-state index in [4.69, 9.17) is 5.73 Å². The van der Waals surface area contributed by atoms with Crippen molar-refractivity contribution in [1.29, 1.82) is 0 Å². The first-order chi connectivity index (χ1) is 14.9. The Bertz CT molecular complexity index is 1170. The molecule has 6 N–H and O–H groups in total. The van der Waals surface area contributed by atoms with Crippen molar-refractivity contribution in [3.63, 3.8) is 0 Å². The lowest BCUT2D eigenvalue weighted by atomic mass is 10.1. The van der Waals surface area contributed by atoms with Gasteiger partial charge in [-0.1, -0.05) is 23.5 Å². The zero-order valence-corrected chi connectivity index (χ0v) is 18.7. The van der Waals surface area contributed by atoms with Gasteiger partial charge in [-0.2, -0.15) is 10.4 Å². The predicted molar refractivity (Wildman–Crippen MR) is 126 cm³/mol. The van der Waals surface area contributed by atoms with Crippen molar-refractivity contribution in [2.24, 2.45) is 0 Å². The molecule has 0 saturated heterocycles. The fourth-order valence-electron chi connectivity index (χ4n) is 2.97. The summed E-state index contributed by atoms with van der Waals surface area (Å²) in [6.45, 7) is 3.06. The average Bonchev–Trinajstić information content (AvgIpc) is 3.40. The van der Waals surface area contributed by atoms with Gasteiger partial charge in [0.05, 0.1) is 5.69 Å². The van der Waals surface area contributed by atoms with Gasteiger partial charge < -0.3 is 16.0 Å². The maximum atomic E-state index is 9.32. The summed E-state index contributed by atoms with van der Waals surface area (Å²) in [4.78, 5) is 12.1. The zero-order chi connectivity index (χ0) is 22.0. The lowest BCUT2D eigenvalue weighted by molar-refractivity contribution is -1.19.